The topological polar surface area (TPSA) is 87.3 Å². The van der Waals surface area contributed by atoms with Gasteiger partial charge in [-0.1, -0.05) is 12.1 Å². The van der Waals surface area contributed by atoms with Gasteiger partial charge < -0.3 is 10.6 Å². The van der Waals surface area contributed by atoms with Crippen LogP contribution in [0.25, 0.3) is 0 Å². The van der Waals surface area contributed by atoms with Gasteiger partial charge >= 0.3 is 0 Å². The van der Waals surface area contributed by atoms with Gasteiger partial charge in [0, 0.05) is 25.0 Å². The second-order valence-corrected chi connectivity index (χ2v) is 6.62. The Morgan fingerprint density at radius 2 is 1.95 bits per heavy atom. The summed E-state index contributed by atoms with van der Waals surface area (Å²) in [4.78, 5) is 11.3. The third-order valence-corrected chi connectivity index (χ3v) is 4.96. The second kappa shape index (κ2) is 5.90. The molecule has 2 rings (SSSR count). The van der Waals surface area contributed by atoms with Crippen molar-refractivity contribution in [3.63, 3.8) is 0 Å². The normalized spacial score (nSPS) is 20.7. The predicted molar refractivity (Wildman–Crippen MR) is 75.7 cm³/mol. The number of rotatable bonds is 5. The first-order valence-electron chi connectivity index (χ1n) is 6.48. The SMILES string of the molecule is CNC(C)c1ccc(S(=O)(=O)NC2CNC(=O)C2)cc1. The Hall–Kier alpha value is -1.44. The molecule has 6 nitrogen and oxygen atoms in total. The van der Waals surface area contributed by atoms with E-state index in [1.807, 2.05) is 14.0 Å². The number of carbonyl (C=O) groups is 1. The van der Waals surface area contributed by atoms with Crippen LogP contribution in [-0.2, 0) is 14.8 Å². The summed E-state index contributed by atoms with van der Waals surface area (Å²) in [6, 6.07) is 6.52. The van der Waals surface area contributed by atoms with Gasteiger partial charge in [0.05, 0.1) is 4.90 Å². The molecule has 2 unspecified atom stereocenters. The number of hydrogen-bond acceptors (Lipinski definition) is 4. The van der Waals surface area contributed by atoms with E-state index in [1.54, 1.807) is 24.3 Å². The Morgan fingerprint density at radius 3 is 2.45 bits per heavy atom. The number of sulfonamides is 1. The van der Waals surface area contributed by atoms with Gasteiger partial charge in [-0.25, -0.2) is 13.1 Å². The van der Waals surface area contributed by atoms with Crippen molar-refractivity contribution in [1.82, 2.24) is 15.4 Å². The van der Waals surface area contributed by atoms with Gasteiger partial charge in [0.2, 0.25) is 15.9 Å². The van der Waals surface area contributed by atoms with Crippen LogP contribution in [0, 0.1) is 0 Å². The van der Waals surface area contributed by atoms with Crippen molar-refractivity contribution in [2.45, 2.75) is 30.3 Å². The van der Waals surface area contributed by atoms with E-state index in [0.717, 1.165) is 5.56 Å². The summed E-state index contributed by atoms with van der Waals surface area (Å²) in [5.74, 6) is -0.129. The predicted octanol–water partition coefficient (Wildman–Crippen LogP) is 0.134. The van der Waals surface area contributed by atoms with Crippen LogP contribution in [0.15, 0.2) is 29.2 Å². The van der Waals surface area contributed by atoms with E-state index in [0.29, 0.717) is 6.54 Å². The third-order valence-electron chi connectivity index (χ3n) is 3.42. The summed E-state index contributed by atoms with van der Waals surface area (Å²) in [5.41, 5.74) is 1.02. The van der Waals surface area contributed by atoms with E-state index in [1.165, 1.54) is 0 Å². The van der Waals surface area contributed by atoms with Crippen molar-refractivity contribution in [1.29, 1.82) is 0 Å². The lowest BCUT2D eigenvalue weighted by Gasteiger charge is -2.13. The Labute approximate surface area is 119 Å². The van der Waals surface area contributed by atoms with Crippen molar-refractivity contribution >= 4 is 15.9 Å². The highest BCUT2D eigenvalue weighted by Crippen LogP contribution is 2.16. The van der Waals surface area contributed by atoms with Crippen LogP contribution in [0.5, 0.6) is 0 Å². The van der Waals surface area contributed by atoms with Crippen LogP contribution in [0.4, 0.5) is 0 Å². The lowest BCUT2D eigenvalue weighted by Crippen LogP contribution is -2.36. The van der Waals surface area contributed by atoms with E-state index in [-0.39, 0.29) is 29.3 Å². The third kappa shape index (κ3) is 3.36. The van der Waals surface area contributed by atoms with Gasteiger partial charge in [0.15, 0.2) is 0 Å². The van der Waals surface area contributed by atoms with Gasteiger partial charge in [-0.3, -0.25) is 4.79 Å². The van der Waals surface area contributed by atoms with E-state index in [4.69, 9.17) is 0 Å². The van der Waals surface area contributed by atoms with Crippen molar-refractivity contribution in [3.8, 4) is 0 Å². The molecule has 0 aliphatic carbocycles. The summed E-state index contributed by atoms with van der Waals surface area (Å²) in [7, 11) is -1.73. The average molecular weight is 297 g/mol. The number of amides is 1. The molecule has 20 heavy (non-hydrogen) atoms. The zero-order chi connectivity index (χ0) is 14.8. The highest BCUT2D eigenvalue weighted by molar-refractivity contribution is 7.89. The quantitative estimate of drug-likeness (QED) is 0.721. The molecule has 1 aliphatic heterocycles. The Bertz CT molecular complexity index is 583. The lowest BCUT2D eigenvalue weighted by atomic mass is 10.1. The van der Waals surface area contributed by atoms with Crippen molar-refractivity contribution < 1.29 is 13.2 Å². The molecule has 0 saturated carbocycles. The Balaban J connectivity index is 2.11. The van der Waals surface area contributed by atoms with Gasteiger partial charge in [0.1, 0.15) is 0 Å². The Morgan fingerprint density at radius 1 is 1.30 bits per heavy atom. The van der Waals surface area contributed by atoms with Crippen LogP contribution in [0.2, 0.25) is 0 Å². The van der Waals surface area contributed by atoms with Crippen molar-refractivity contribution in [2.24, 2.45) is 0 Å². The molecule has 1 aromatic rings. The summed E-state index contributed by atoms with van der Waals surface area (Å²) >= 11 is 0. The zero-order valence-corrected chi connectivity index (χ0v) is 12.3. The van der Waals surface area contributed by atoms with E-state index in [2.05, 4.69) is 15.4 Å². The average Bonchev–Trinajstić information content (AvgIpc) is 2.82. The minimum Gasteiger partial charge on any atom is -0.354 e. The van der Waals surface area contributed by atoms with Gasteiger partial charge in [0.25, 0.3) is 0 Å². The number of nitrogens with one attached hydrogen (secondary N) is 3. The van der Waals surface area contributed by atoms with Crippen molar-refractivity contribution in [3.05, 3.63) is 29.8 Å². The minimum atomic E-state index is -3.58. The first-order valence-corrected chi connectivity index (χ1v) is 7.97. The molecule has 3 N–H and O–H groups in total. The Kier molecular flexibility index (Phi) is 4.42. The number of hydrogen-bond donors (Lipinski definition) is 3. The molecular weight excluding hydrogens is 278 g/mol. The molecule has 7 heteroatoms. The number of benzene rings is 1. The maximum Gasteiger partial charge on any atom is 0.240 e. The molecule has 1 amide bonds. The summed E-state index contributed by atoms with van der Waals surface area (Å²) < 4.78 is 26.9. The molecule has 1 fully saturated rings. The maximum atomic E-state index is 12.2. The molecule has 1 heterocycles. The highest BCUT2D eigenvalue weighted by atomic mass is 32.2. The monoisotopic (exact) mass is 297 g/mol. The minimum absolute atomic E-state index is 0.129. The van der Waals surface area contributed by atoms with Gasteiger partial charge in [-0.15, -0.1) is 0 Å². The van der Waals surface area contributed by atoms with Gasteiger partial charge in [-0.05, 0) is 31.7 Å². The lowest BCUT2D eigenvalue weighted by molar-refractivity contribution is -0.119. The molecule has 1 saturated heterocycles. The van der Waals surface area contributed by atoms with Crippen molar-refractivity contribution in [2.75, 3.05) is 13.6 Å². The van der Waals surface area contributed by atoms with E-state index >= 15 is 0 Å². The van der Waals surface area contributed by atoms with Gasteiger partial charge in [-0.2, -0.15) is 0 Å². The first kappa shape index (κ1) is 15.0. The fraction of sp³-hybridized carbons (Fsp3) is 0.462. The van der Waals surface area contributed by atoms with E-state index in [9.17, 15) is 13.2 Å². The summed E-state index contributed by atoms with van der Waals surface area (Å²) in [6.45, 7) is 2.34. The van der Waals surface area contributed by atoms with Crippen LogP contribution in [0.3, 0.4) is 0 Å². The summed E-state index contributed by atoms with van der Waals surface area (Å²) in [6.07, 6.45) is 0.189. The largest absolute Gasteiger partial charge is 0.354 e. The molecule has 2 atom stereocenters. The standard InChI is InChI=1S/C13H19N3O3S/c1-9(14-2)10-3-5-12(6-4-10)20(18,19)16-11-7-13(17)15-8-11/h3-6,9,11,14,16H,7-8H2,1-2H3,(H,15,17). The first-order chi connectivity index (χ1) is 9.42. The molecular formula is C13H19N3O3S. The fourth-order valence-electron chi connectivity index (χ4n) is 2.08. The molecule has 110 valence electrons. The van der Waals surface area contributed by atoms with Crippen LogP contribution in [0.1, 0.15) is 24.9 Å². The highest BCUT2D eigenvalue weighted by Gasteiger charge is 2.26. The van der Waals surface area contributed by atoms with Crippen LogP contribution >= 0.6 is 0 Å². The summed E-state index contributed by atoms with van der Waals surface area (Å²) in [5, 5.41) is 5.69. The molecule has 1 aromatic carbocycles. The molecule has 0 bridgehead atoms. The number of carbonyl (C=O) groups excluding carboxylic acids is 1. The van der Waals surface area contributed by atoms with Crippen LogP contribution < -0.4 is 15.4 Å². The smallest absolute Gasteiger partial charge is 0.240 e. The second-order valence-electron chi connectivity index (χ2n) is 4.91. The molecule has 1 aliphatic rings. The molecule has 0 spiro atoms. The van der Waals surface area contributed by atoms with Crippen LogP contribution in [-0.4, -0.2) is 34.0 Å². The molecule has 0 aromatic heterocycles. The maximum absolute atomic E-state index is 12.2. The zero-order valence-electron chi connectivity index (χ0n) is 11.5. The molecule has 0 radical (unpaired) electrons. The van der Waals surface area contributed by atoms with E-state index < -0.39 is 10.0 Å². The fourth-order valence-corrected chi connectivity index (χ4v) is 3.31.